The Morgan fingerprint density at radius 1 is 1.29 bits per heavy atom. The molecule has 2 rings (SSSR count). The van der Waals surface area contributed by atoms with Crippen LogP contribution in [0.25, 0.3) is 0 Å². The topological polar surface area (TPSA) is 12.5 Å². The van der Waals surface area contributed by atoms with Crippen LogP contribution in [-0.4, -0.2) is 51.0 Å². The normalized spacial score (nSPS) is 33.2. The Morgan fingerprint density at radius 2 is 2.07 bits per heavy atom. The zero-order valence-electron chi connectivity index (χ0n) is 9.17. The molecule has 1 unspecified atom stereocenters. The van der Waals surface area contributed by atoms with Crippen LogP contribution >= 0.6 is 19.8 Å². The van der Waals surface area contributed by atoms with Gasteiger partial charge in [-0.05, 0) is 0 Å². The first-order chi connectivity index (χ1) is 6.84. The molecule has 0 saturated carbocycles. The number of ether oxygens (including phenoxy) is 1. The molecule has 0 N–H and O–H groups in total. The number of halogens is 1. The standard InChI is InChI=1S/C11H22INO/c1-13-7-8-14-11(10-13)9-12-5-3-2-4-6-12/h11H,2-10H2,1H3. The SMILES string of the molecule is CN1CCOC(CI2CCCCC2)C1. The van der Waals surface area contributed by atoms with E-state index >= 15 is 0 Å². The third-order valence-electron chi connectivity index (χ3n) is 3.03. The van der Waals surface area contributed by atoms with Crippen LogP contribution in [0, 0.1) is 0 Å². The number of rotatable bonds is 2. The minimum absolute atomic E-state index is 0.549. The van der Waals surface area contributed by atoms with Crippen molar-refractivity contribution in [2.24, 2.45) is 0 Å². The van der Waals surface area contributed by atoms with E-state index in [0.29, 0.717) is 6.10 Å². The first-order valence-electron chi connectivity index (χ1n) is 5.72. The summed E-state index contributed by atoms with van der Waals surface area (Å²) < 4.78 is 10.5. The van der Waals surface area contributed by atoms with Crippen LogP contribution in [0.5, 0.6) is 0 Å². The Bertz CT molecular complexity index is 171. The van der Waals surface area contributed by atoms with Gasteiger partial charge in [-0.2, -0.15) is 0 Å². The van der Waals surface area contributed by atoms with Gasteiger partial charge in [-0.3, -0.25) is 0 Å². The van der Waals surface area contributed by atoms with E-state index in [2.05, 4.69) is 11.9 Å². The van der Waals surface area contributed by atoms with E-state index in [1.165, 1.54) is 30.2 Å². The van der Waals surface area contributed by atoms with Gasteiger partial charge in [-0.1, -0.05) is 0 Å². The summed E-state index contributed by atoms with van der Waals surface area (Å²) in [6.07, 6.45) is 5.14. The molecule has 0 radical (unpaired) electrons. The third-order valence-corrected chi connectivity index (χ3v) is 9.84. The van der Waals surface area contributed by atoms with Gasteiger partial charge in [0.1, 0.15) is 0 Å². The van der Waals surface area contributed by atoms with Crippen molar-refractivity contribution in [3.8, 4) is 0 Å². The number of nitrogens with zero attached hydrogens (tertiary/aromatic N) is 1. The first-order valence-corrected chi connectivity index (χ1v) is 10.3. The monoisotopic (exact) mass is 311 g/mol. The second-order valence-electron chi connectivity index (χ2n) is 4.41. The zero-order chi connectivity index (χ0) is 9.80. The predicted molar refractivity (Wildman–Crippen MR) is 69.7 cm³/mol. The number of hydrogen-bond donors (Lipinski definition) is 0. The molecule has 0 amide bonds. The molecule has 84 valence electrons. The Kier molecular flexibility index (Phi) is 4.50. The fraction of sp³-hybridized carbons (Fsp3) is 1.00. The summed E-state index contributed by atoms with van der Waals surface area (Å²) in [4.78, 5) is 2.42. The van der Waals surface area contributed by atoms with Gasteiger partial charge in [-0.25, -0.2) is 0 Å². The van der Waals surface area contributed by atoms with Crippen LogP contribution in [0.4, 0.5) is 0 Å². The maximum absolute atomic E-state index is 5.85. The second-order valence-corrected chi connectivity index (χ2v) is 10.7. The summed E-state index contributed by atoms with van der Waals surface area (Å²) in [6, 6.07) is 0. The zero-order valence-corrected chi connectivity index (χ0v) is 11.3. The summed E-state index contributed by atoms with van der Waals surface area (Å²) in [5, 5.41) is 0. The summed E-state index contributed by atoms with van der Waals surface area (Å²) in [5.41, 5.74) is 0. The van der Waals surface area contributed by atoms with Crippen LogP contribution in [-0.2, 0) is 4.74 Å². The molecule has 2 nitrogen and oxygen atoms in total. The Hall–Kier alpha value is 0.650. The maximum atomic E-state index is 5.85. The van der Waals surface area contributed by atoms with Crippen LogP contribution in [0.2, 0.25) is 0 Å². The van der Waals surface area contributed by atoms with Crippen molar-refractivity contribution in [1.29, 1.82) is 0 Å². The molecule has 0 aromatic heterocycles. The van der Waals surface area contributed by atoms with Crippen molar-refractivity contribution >= 4 is 19.8 Å². The van der Waals surface area contributed by atoms with Gasteiger partial charge in [0, 0.05) is 0 Å². The number of likely N-dealkylation sites (N-methyl/N-ethyl adjacent to an activating group) is 1. The van der Waals surface area contributed by atoms with Gasteiger partial charge in [0.05, 0.1) is 0 Å². The van der Waals surface area contributed by atoms with Crippen LogP contribution in [0.3, 0.4) is 0 Å². The average molecular weight is 311 g/mol. The van der Waals surface area contributed by atoms with E-state index in [-0.39, 0.29) is 0 Å². The molecule has 3 heteroatoms. The Morgan fingerprint density at radius 3 is 2.79 bits per heavy atom. The van der Waals surface area contributed by atoms with Crippen LogP contribution in [0.15, 0.2) is 0 Å². The van der Waals surface area contributed by atoms with E-state index in [9.17, 15) is 0 Å². The molecule has 0 aromatic rings. The van der Waals surface area contributed by atoms with Gasteiger partial charge in [0.2, 0.25) is 0 Å². The first kappa shape index (κ1) is 11.1. The Balaban J connectivity index is 1.72. The van der Waals surface area contributed by atoms with E-state index < -0.39 is 19.8 Å². The molecule has 14 heavy (non-hydrogen) atoms. The van der Waals surface area contributed by atoms with Gasteiger partial charge in [0.15, 0.2) is 0 Å². The van der Waals surface area contributed by atoms with Crippen molar-refractivity contribution in [3.05, 3.63) is 0 Å². The summed E-state index contributed by atoms with van der Waals surface area (Å²) >= 11 is -0.549. The van der Waals surface area contributed by atoms with Gasteiger partial charge in [0.25, 0.3) is 0 Å². The second kappa shape index (κ2) is 5.66. The Labute approximate surface area is 94.8 Å². The van der Waals surface area contributed by atoms with Gasteiger partial charge >= 0.3 is 94.8 Å². The van der Waals surface area contributed by atoms with Crippen molar-refractivity contribution in [2.45, 2.75) is 25.4 Å². The molecule has 2 aliphatic heterocycles. The molecular formula is C11H22INO. The molecule has 2 aliphatic rings. The van der Waals surface area contributed by atoms with Gasteiger partial charge in [-0.15, -0.1) is 0 Å². The van der Waals surface area contributed by atoms with Crippen molar-refractivity contribution in [2.75, 3.05) is 40.0 Å². The number of morpholine rings is 1. The molecule has 0 bridgehead atoms. The average Bonchev–Trinajstić information content (AvgIpc) is 2.19. The molecule has 0 aromatic carbocycles. The molecular weight excluding hydrogens is 289 g/mol. The third kappa shape index (κ3) is 3.35. The van der Waals surface area contributed by atoms with E-state index in [1.54, 1.807) is 8.86 Å². The predicted octanol–water partition coefficient (Wildman–Crippen LogP) is 2.01. The molecule has 2 fully saturated rings. The van der Waals surface area contributed by atoms with Crippen LogP contribution < -0.4 is 0 Å². The van der Waals surface area contributed by atoms with E-state index in [1.807, 2.05) is 0 Å². The molecule has 1 atom stereocenters. The quantitative estimate of drug-likeness (QED) is 0.571. The minimum atomic E-state index is -0.549. The molecule has 0 aliphatic carbocycles. The van der Waals surface area contributed by atoms with E-state index in [4.69, 9.17) is 4.74 Å². The molecule has 0 spiro atoms. The summed E-state index contributed by atoms with van der Waals surface area (Å²) in [6.45, 7) is 3.28. The fourth-order valence-corrected chi connectivity index (χ4v) is 8.77. The molecule has 2 heterocycles. The number of hydrogen-bond acceptors (Lipinski definition) is 2. The van der Waals surface area contributed by atoms with Crippen molar-refractivity contribution in [1.82, 2.24) is 4.90 Å². The van der Waals surface area contributed by atoms with Crippen LogP contribution in [0.1, 0.15) is 19.3 Å². The van der Waals surface area contributed by atoms with Crippen molar-refractivity contribution < 1.29 is 4.74 Å². The van der Waals surface area contributed by atoms with Gasteiger partial charge < -0.3 is 0 Å². The van der Waals surface area contributed by atoms with Crippen molar-refractivity contribution in [3.63, 3.8) is 0 Å². The number of alkyl halides is 3. The summed E-state index contributed by atoms with van der Waals surface area (Å²) in [5.74, 6) is 0. The summed E-state index contributed by atoms with van der Waals surface area (Å²) in [7, 11) is 2.22. The molecule has 2 saturated heterocycles. The van der Waals surface area contributed by atoms with E-state index in [0.717, 1.165) is 13.2 Å². The fourth-order valence-electron chi connectivity index (χ4n) is 2.20.